The summed E-state index contributed by atoms with van der Waals surface area (Å²) in [5.74, 6) is 0. The predicted octanol–water partition coefficient (Wildman–Crippen LogP) is 0.943. The van der Waals surface area contributed by atoms with Crippen molar-refractivity contribution in [1.29, 1.82) is 0 Å². The highest BCUT2D eigenvalue weighted by molar-refractivity contribution is 7.99. The van der Waals surface area contributed by atoms with Gasteiger partial charge in [0.15, 0.2) is 0 Å². The minimum atomic E-state index is 0.523. The second-order valence-electron chi connectivity index (χ2n) is 1.29. The number of hydrogen-bond donors (Lipinski definition) is 1. The quantitative estimate of drug-likeness (QED) is 0.455. The predicted molar refractivity (Wildman–Crippen MR) is 28.0 cm³/mol. The Balaban J connectivity index is 2.38. The maximum absolute atomic E-state index is 3.07. The van der Waals surface area contributed by atoms with E-state index >= 15 is 0 Å². The van der Waals surface area contributed by atoms with E-state index in [0.29, 0.717) is 6.04 Å². The van der Waals surface area contributed by atoms with Gasteiger partial charge in [0, 0.05) is 11.4 Å². The van der Waals surface area contributed by atoms with Crippen LogP contribution in [0.15, 0.2) is 6.08 Å². The van der Waals surface area contributed by atoms with Gasteiger partial charge in [0.05, 0.1) is 0 Å². The third-order valence-corrected chi connectivity index (χ3v) is 1.37. The van der Waals surface area contributed by atoms with Gasteiger partial charge in [0.2, 0.25) is 0 Å². The molecule has 1 rings (SSSR count). The van der Waals surface area contributed by atoms with E-state index in [1.54, 1.807) is 0 Å². The topological polar surface area (TPSA) is 12.0 Å². The first-order chi connectivity index (χ1) is 2.89. The second kappa shape index (κ2) is 1.67. The molecule has 0 amide bonds. The fourth-order valence-electron chi connectivity index (χ4n) is 0.297. The molecule has 1 radical (unpaired) electrons. The average Bonchev–Trinajstić information content (AvgIpc) is 1.86. The van der Waals surface area contributed by atoms with Gasteiger partial charge in [-0.05, 0) is 18.9 Å². The van der Waals surface area contributed by atoms with Crippen LogP contribution in [0.5, 0.6) is 0 Å². The summed E-state index contributed by atoms with van der Waals surface area (Å²) in [7, 11) is 0. The Morgan fingerprint density at radius 3 is 3.00 bits per heavy atom. The Morgan fingerprint density at radius 2 is 2.83 bits per heavy atom. The van der Waals surface area contributed by atoms with Crippen LogP contribution in [0.2, 0.25) is 0 Å². The van der Waals surface area contributed by atoms with Crippen molar-refractivity contribution >= 4 is 11.9 Å². The molecule has 1 aliphatic rings. The molecular formula is C4H6NS. The molecule has 2 heteroatoms. The van der Waals surface area contributed by atoms with Crippen molar-refractivity contribution in [2.24, 2.45) is 0 Å². The third kappa shape index (κ3) is 0.758. The Kier molecular flexibility index (Phi) is 1.17. The lowest BCUT2D eigenvalue weighted by molar-refractivity contribution is 0.868. The molecule has 0 saturated heterocycles. The lowest BCUT2D eigenvalue weighted by Gasteiger charge is -1.92. The molecule has 0 saturated carbocycles. The lowest BCUT2D eigenvalue weighted by Crippen LogP contribution is -2.09. The first kappa shape index (κ1) is 4.22. The molecule has 0 aromatic rings. The minimum absolute atomic E-state index is 0.523. The number of nitrogens with one attached hydrogen (secondary N) is 1. The lowest BCUT2D eigenvalue weighted by atomic mass is 10.4. The van der Waals surface area contributed by atoms with Crippen LogP contribution in [-0.2, 0) is 0 Å². The molecule has 1 heterocycles. The molecule has 1 atom stereocenters. The molecule has 33 valence electrons. The summed E-state index contributed by atoms with van der Waals surface area (Å²) in [4.78, 5) is 0. The van der Waals surface area contributed by atoms with Crippen molar-refractivity contribution in [3.63, 3.8) is 0 Å². The van der Waals surface area contributed by atoms with Crippen molar-refractivity contribution in [3.8, 4) is 0 Å². The first-order valence-electron chi connectivity index (χ1n) is 1.90. The summed E-state index contributed by atoms with van der Waals surface area (Å²) in [5, 5.41) is 2.95. The highest BCUT2D eigenvalue weighted by Gasteiger charge is 1.98. The highest BCUT2D eigenvalue weighted by Crippen LogP contribution is 2.05. The van der Waals surface area contributed by atoms with E-state index in [0.717, 1.165) is 0 Å². The summed E-state index contributed by atoms with van der Waals surface area (Å²) in [6.45, 7) is 2.09. The molecule has 0 fully saturated rings. The molecule has 0 spiro atoms. The van der Waals surface area contributed by atoms with Gasteiger partial charge in [-0.2, -0.15) is 0 Å². The van der Waals surface area contributed by atoms with Crippen LogP contribution >= 0.6 is 11.9 Å². The van der Waals surface area contributed by atoms with Crippen LogP contribution in [0, 0.1) is 5.41 Å². The third-order valence-electron chi connectivity index (χ3n) is 0.622. The molecular weight excluding hydrogens is 94.1 g/mol. The van der Waals surface area contributed by atoms with Crippen LogP contribution in [-0.4, -0.2) is 6.04 Å². The van der Waals surface area contributed by atoms with Gasteiger partial charge in [0.25, 0.3) is 0 Å². The SMILES string of the molecule is CC1C=[C]SN1. The minimum Gasteiger partial charge on any atom is -0.253 e. The van der Waals surface area contributed by atoms with Gasteiger partial charge < -0.3 is 0 Å². The highest BCUT2D eigenvalue weighted by atomic mass is 32.2. The molecule has 0 bridgehead atoms. The molecule has 0 aliphatic carbocycles. The van der Waals surface area contributed by atoms with Crippen LogP contribution in [0.4, 0.5) is 0 Å². The Morgan fingerprint density at radius 1 is 2.00 bits per heavy atom. The maximum Gasteiger partial charge on any atom is 0.0350 e. The van der Waals surface area contributed by atoms with E-state index in [9.17, 15) is 0 Å². The standard InChI is InChI=1S/C4H6NS/c1-4-2-3-6-5-4/h2,4-5H,1H3. The van der Waals surface area contributed by atoms with Gasteiger partial charge in [-0.1, -0.05) is 6.08 Å². The Labute approximate surface area is 41.9 Å². The molecule has 1 N–H and O–H groups in total. The van der Waals surface area contributed by atoms with E-state index in [2.05, 4.69) is 17.1 Å². The molecule has 1 aliphatic heterocycles. The summed E-state index contributed by atoms with van der Waals surface area (Å²) in [5.41, 5.74) is 0. The van der Waals surface area contributed by atoms with E-state index in [1.807, 2.05) is 6.08 Å². The molecule has 0 aromatic heterocycles. The number of rotatable bonds is 0. The smallest absolute Gasteiger partial charge is 0.0350 e. The van der Waals surface area contributed by atoms with E-state index < -0.39 is 0 Å². The van der Waals surface area contributed by atoms with Crippen LogP contribution < -0.4 is 4.72 Å². The molecule has 1 nitrogen and oxygen atoms in total. The number of hydrogen-bond acceptors (Lipinski definition) is 2. The molecule has 6 heavy (non-hydrogen) atoms. The van der Waals surface area contributed by atoms with Crippen molar-refractivity contribution in [2.45, 2.75) is 13.0 Å². The fourth-order valence-corrected chi connectivity index (χ4v) is 0.891. The fraction of sp³-hybridized carbons (Fsp3) is 0.500. The molecule has 0 aromatic carbocycles. The Hall–Kier alpha value is 0.0500. The maximum atomic E-state index is 3.07. The second-order valence-corrected chi connectivity index (χ2v) is 1.97. The Bertz CT molecular complexity index is 69.9. The van der Waals surface area contributed by atoms with Gasteiger partial charge in [-0.15, -0.1) is 0 Å². The van der Waals surface area contributed by atoms with Crippen molar-refractivity contribution in [2.75, 3.05) is 0 Å². The van der Waals surface area contributed by atoms with Gasteiger partial charge in [0.1, 0.15) is 0 Å². The van der Waals surface area contributed by atoms with Crippen molar-refractivity contribution < 1.29 is 0 Å². The van der Waals surface area contributed by atoms with E-state index in [-0.39, 0.29) is 0 Å². The zero-order valence-electron chi connectivity index (χ0n) is 3.56. The monoisotopic (exact) mass is 100 g/mol. The van der Waals surface area contributed by atoms with Crippen molar-refractivity contribution in [1.82, 2.24) is 4.72 Å². The average molecular weight is 100 g/mol. The van der Waals surface area contributed by atoms with E-state index in [1.165, 1.54) is 11.9 Å². The zero-order chi connectivity index (χ0) is 4.41. The largest absolute Gasteiger partial charge is 0.253 e. The van der Waals surface area contributed by atoms with Crippen LogP contribution in [0.3, 0.4) is 0 Å². The van der Waals surface area contributed by atoms with Crippen LogP contribution in [0.1, 0.15) is 6.92 Å². The summed E-state index contributed by atoms with van der Waals surface area (Å²) < 4.78 is 3.07. The summed E-state index contributed by atoms with van der Waals surface area (Å²) in [6.07, 6.45) is 2.00. The summed E-state index contributed by atoms with van der Waals surface area (Å²) in [6, 6.07) is 0.523. The van der Waals surface area contributed by atoms with Gasteiger partial charge in [-0.25, -0.2) is 0 Å². The zero-order valence-corrected chi connectivity index (χ0v) is 4.38. The summed E-state index contributed by atoms with van der Waals surface area (Å²) >= 11 is 1.53. The van der Waals surface area contributed by atoms with Gasteiger partial charge in [-0.3, -0.25) is 4.72 Å². The first-order valence-corrected chi connectivity index (χ1v) is 2.71. The molecule has 1 unspecified atom stereocenters. The normalized spacial score (nSPS) is 31.8. The van der Waals surface area contributed by atoms with Crippen molar-refractivity contribution in [3.05, 3.63) is 11.5 Å². The van der Waals surface area contributed by atoms with Gasteiger partial charge >= 0.3 is 0 Å². The van der Waals surface area contributed by atoms with E-state index in [4.69, 9.17) is 0 Å². The van der Waals surface area contributed by atoms with Crippen LogP contribution in [0.25, 0.3) is 0 Å².